The average Bonchev–Trinajstić information content (AvgIpc) is 2.82. The van der Waals surface area contributed by atoms with Gasteiger partial charge in [0.1, 0.15) is 6.10 Å². The van der Waals surface area contributed by atoms with Crippen LogP contribution in [-0.4, -0.2) is 68.5 Å². The second-order valence-corrected chi connectivity index (χ2v) is 12.9. The maximum atomic E-state index is 12.2. The Balaban J connectivity index is 4.10. The van der Waals surface area contributed by atoms with Crippen molar-refractivity contribution in [2.75, 3.05) is 46.6 Å². The van der Waals surface area contributed by atoms with Crippen molar-refractivity contribution in [3.05, 3.63) is 0 Å². The molecule has 36 heavy (non-hydrogen) atoms. The Morgan fingerprint density at radius 1 is 0.861 bits per heavy atom. The molecule has 0 fully saturated rings. The third kappa shape index (κ3) is 22.7. The van der Waals surface area contributed by atoms with E-state index in [2.05, 4.69) is 20.8 Å². The Labute approximate surface area is 222 Å². The zero-order valence-electron chi connectivity index (χ0n) is 24.3. The molecule has 4 atom stereocenters. The van der Waals surface area contributed by atoms with E-state index in [1.165, 1.54) is 70.6 Å². The van der Waals surface area contributed by atoms with Crippen molar-refractivity contribution in [1.29, 1.82) is 0 Å². The number of hydrogen-bond donors (Lipinski definition) is 1. The minimum Gasteiger partial charge on any atom is -0.457 e. The standard InChI is InChI=1S/C28H58NO6P/c1-7-9-10-11-12-13-14-15-16-17-18-25(3)21-26(4)22-33-23-27(35-28(30)8-2)24-34-36(31,32)20-19-29(5)6/h25-27H,7-24H2,1-6H3,(H,31,32). The van der Waals surface area contributed by atoms with Crippen LogP contribution in [0.2, 0.25) is 0 Å². The second-order valence-electron chi connectivity index (χ2n) is 10.9. The number of ether oxygens (including phenoxy) is 2. The number of rotatable bonds is 25. The fraction of sp³-hybridized carbons (Fsp3) is 0.964. The van der Waals surface area contributed by atoms with Crippen molar-refractivity contribution in [2.24, 2.45) is 11.8 Å². The van der Waals surface area contributed by atoms with Crippen LogP contribution in [0, 0.1) is 11.8 Å². The lowest BCUT2D eigenvalue weighted by Gasteiger charge is -2.22. The van der Waals surface area contributed by atoms with E-state index in [-0.39, 0.29) is 31.8 Å². The highest BCUT2D eigenvalue weighted by Gasteiger charge is 2.24. The molecular formula is C28H58NO6P. The summed E-state index contributed by atoms with van der Waals surface area (Å²) in [6.45, 7) is 9.51. The van der Waals surface area contributed by atoms with Crippen LogP contribution in [0.25, 0.3) is 0 Å². The molecule has 8 heteroatoms. The predicted octanol–water partition coefficient (Wildman–Crippen LogP) is 7.06. The number of unbranched alkanes of at least 4 members (excludes halogenated alkanes) is 9. The fourth-order valence-electron chi connectivity index (χ4n) is 4.23. The van der Waals surface area contributed by atoms with Crippen molar-refractivity contribution in [2.45, 2.75) is 117 Å². The summed E-state index contributed by atoms with van der Waals surface area (Å²) in [6.07, 6.45) is 15.6. The first-order valence-corrected chi connectivity index (χ1v) is 16.2. The molecule has 0 aromatic rings. The molecule has 0 aliphatic rings. The summed E-state index contributed by atoms with van der Waals surface area (Å²) < 4.78 is 28.7. The molecule has 0 amide bonds. The van der Waals surface area contributed by atoms with Crippen LogP contribution in [0.4, 0.5) is 0 Å². The largest absolute Gasteiger partial charge is 0.457 e. The van der Waals surface area contributed by atoms with E-state index < -0.39 is 13.7 Å². The Morgan fingerprint density at radius 2 is 1.44 bits per heavy atom. The van der Waals surface area contributed by atoms with Gasteiger partial charge in [-0.25, -0.2) is 0 Å². The number of carbonyl (C=O) groups excluding carboxylic acids is 1. The van der Waals surface area contributed by atoms with Crippen LogP contribution < -0.4 is 0 Å². The Morgan fingerprint density at radius 3 is 2.00 bits per heavy atom. The molecule has 0 bridgehead atoms. The van der Waals surface area contributed by atoms with Crippen LogP contribution in [0.3, 0.4) is 0 Å². The highest BCUT2D eigenvalue weighted by atomic mass is 31.2. The summed E-state index contributed by atoms with van der Waals surface area (Å²) in [7, 11) is -0.0725. The van der Waals surface area contributed by atoms with Gasteiger partial charge in [0.15, 0.2) is 0 Å². The Kier molecular flexibility index (Phi) is 22.2. The summed E-state index contributed by atoms with van der Waals surface area (Å²) in [5.74, 6) is 0.689. The molecule has 0 radical (unpaired) electrons. The lowest BCUT2D eigenvalue weighted by atomic mass is 9.93. The van der Waals surface area contributed by atoms with Crippen molar-refractivity contribution in [3.63, 3.8) is 0 Å². The van der Waals surface area contributed by atoms with Crippen molar-refractivity contribution in [3.8, 4) is 0 Å². The molecule has 0 heterocycles. The van der Waals surface area contributed by atoms with Crippen LogP contribution in [0.1, 0.15) is 111 Å². The maximum absolute atomic E-state index is 12.2. The molecule has 0 aliphatic carbocycles. The lowest BCUT2D eigenvalue weighted by molar-refractivity contribution is -0.154. The predicted molar refractivity (Wildman–Crippen MR) is 150 cm³/mol. The highest BCUT2D eigenvalue weighted by Crippen LogP contribution is 2.41. The van der Waals surface area contributed by atoms with E-state index in [4.69, 9.17) is 14.0 Å². The molecule has 0 saturated carbocycles. The zero-order chi connectivity index (χ0) is 27.2. The number of carbonyl (C=O) groups is 1. The van der Waals surface area contributed by atoms with Gasteiger partial charge < -0.3 is 23.8 Å². The van der Waals surface area contributed by atoms with E-state index in [0.717, 1.165) is 6.42 Å². The monoisotopic (exact) mass is 535 g/mol. The number of hydrogen-bond acceptors (Lipinski definition) is 6. The zero-order valence-corrected chi connectivity index (χ0v) is 25.2. The van der Waals surface area contributed by atoms with E-state index in [0.29, 0.717) is 25.0 Å². The first kappa shape index (κ1) is 35.5. The van der Waals surface area contributed by atoms with Gasteiger partial charge in [0.2, 0.25) is 0 Å². The maximum Gasteiger partial charge on any atom is 0.329 e. The normalized spacial score (nSPS) is 16.0. The highest BCUT2D eigenvalue weighted by molar-refractivity contribution is 7.52. The number of nitrogens with zero attached hydrogens (tertiary/aromatic N) is 1. The van der Waals surface area contributed by atoms with Gasteiger partial charge in [0, 0.05) is 19.6 Å². The molecule has 1 N–H and O–H groups in total. The van der Waals surface area contributed by atoms with Crippen LogP contribution in [0.15, 0.2) is 0 Å². The summed E-state index contributed by atoms with van der Waals surface area (Å²) >= 11 is 0. The van der Waals surface area contributed by atoms with Crippen molar-refractivity contribution in [1.82, 2.24) is 4.90 Å². The molecule has 0 aliphatic heterocycles. The smallest absolute Gasteiger partial charge is 0.329 e. The van der Waals surface area contributed by atoms with Crippen LogP contribution >= 0.6 is 7.60 Å². The van der Waals surface area contributed by atoms with Crippen molar-refractivity contribution >= 4 is 13.6 Å². The molecule has 0 rings (SSSR count). The van der Waals surface area contributed by atoms with Gasteiger partial charge in [-0.1, -0.05) is 98.3 Å². The van der Waals surface area contributed by atoms with Gasteiger partial charge in [0.05, 0.1) is 19.4 Å². The van der Waals surface area contributed by atoms with E-state index in [9.17, 15) is 14.3 Å². The van der Waals surface area contributed by atoms with Crippen LogP contribution in [0.5, 0.6) is 0 Å². The molecule has 0 saturated heterocycles. The molecule has 0 aromatic carbocycles. The van der Waals surface area contributed by atoms with Crippen molar-refractivity contribution < 1.29 is 28.3 Å². The van der Waals surface area contributed by atoms with Gasteiger partial charge >= 0.3 is 13.6 Å². The molecule has 4 unspecified atom stereocenters. The minimum atomic E-state index is -3.74. The van der Waals surface area contributed by atoms with E-state index in [1.54, 1.807) is 6.92 Å². The summed E-state index contributed by atoms with van der Waals surface area (Å²) in [6, 6.07) is 0. The molecule has 0 spiro atoms. The Hall–Kier alpha value is -0.460. The van der Waals surface area contributed by atoms with E-state index in [1.807, 2.05) is 19.0 Å². The lowest BCUT2D eigenvalue weighted by Crippen LogP contribution is -2.29. The van der Waals surface area contributed by atoms with Gasteiger partial charge in [-0.05, 0) is 32.4 Å². The summed E-state index contributed by atoms with van der Waals surface area (Å²) in [5.41, 5.74) is 0. The first-order valence-electron chi connectivity index (χ1n) is 14.5. The summed E-state index contributed by atoms with van der Waals surface area (Å²) in [5, 5.41) is 0. The third-order valence-corrected chi connectivity index (χ3v) is 7.76. The van der Waals surface area contributed by atoms with Gasteiger partial charge in [0.25, 0.3) is 0 Å². The van der Waals surface area contributed by atoms with Gasteiger partial charge in [-0.2, -0.15) is 0 Å². The molecular weight excluding hydrogens is 477 g/mol. The van der Waals surface area contributed by atoms with E-state index >= 15 is 0 Å². The summed E-state index contributed by atoms with van der Waals surface area (Å²) in [4.78, 5) is 23.6. The second kappa shape index (κ2) is 22.5. The van der Waals surface area contributed by atoms with Gasteiger partial charge in [-0.3, -0.25) is 9.36 Å². The topological polar surface area (TPSA) is 85.3 Å². The quantitative estimate of drug-likeness (QED) is 0.0761. The third-order valence-electron chi connectivity index (χ3n) is 6.44. The average molecular weight is 536 g/mol. The van der Waals surface area contributed by atoms with Crippen LogP contribution in [-0.2, 0) is 23.4 Å². The first-order chi connectivity index (χ1) is 17.1. The SMILES string of the molecule is CCCCCCCCCCCCC(C)CC(C)COCC(COP(=O)(O)CCN(C)C)OC(=O)CC. The number of esters is 1. The molecule has 7 nitrogen and oxygen atoms in total. The molecule has 0 aromatic heterocycles. The minimum absolute atomic E-state index is 0.0310. The molecule has 216 valence electrons. The Bertz CT molecular complexity index is 574. The van der Waals surface area contributed by atoms with Gasteiger partial charge in [-0.15, -0.1) is 0 Å². The fourth-order valence-corrected chi connectivity index (χ4v) is 5.41.